The lowest BCUT2D eigenvalue weighted by atomic mass is 9.52. The summed E-state index contributed by atoms with van der Waals surface area (Å²) in [5, 5.41) is 22.8. The molecule has 6 rings (SSSR count). The van der Waals surface area contributed by atoms with Crippen LogP contribution in [0.5, 0.6) is 17.2 Å². The predicted molar refractivity (Wildman–Crippen MR) is 135 cm³/mol. The number of phenolic OH excluding ortho intramolecular Hbond substituents is 1. The van der Waals surface area contributed by atoms with Gasteiger partial charge in [0.05, 0.1) is 13.2 Å². The second kappa shape index (κ2) is 7.14. The van der Waals surface area contributed by atoms with E-state index in [1.54, 1.807) is 0 Å². The van der Waals surface area contributed by atoms with Crippen molar-refractivity contribution in [2.24, 2.45) is 10.8 Å². The van der Waals surface area contributed by atoms with E-state index < -0.39 is 0 Å². The summed E-state index contributed by atoms with van der Waals surface area (Å²) in [7, 11) is 0. The monoisotopic (exact) mass is 458 g/mol. The zero-order chi connectivity index (χ0) is 23.9. The van der Waals surface area contributed by atoms with Gasteiger partial charge >= 0.3 is 0 Å². The zero-order valence-corrected chi connectivity index (χ0v) is 20.6. The van der Waals surface area contributed by atoms with E-state index in [9.17, 15) is 10.2 Å². The molecule has 34 heavy (non-hydrogen) atoms. The van der Waals surface area contributed by atoms with Gasteiger partial charge in [-0.2, -0.15) is 0 Å². The predicted octanol–water partition coefficient (Wildman–Crippen LogP) is 6.57. The summed E-state index contributed by atoms with van der Waals surface area (Å²) >= 11 is 0. The number of phenols is 1. The summed E-state index contributed by atoms with van der Waals surface area (Å²) in [5.41, 5.74) is 5.28. The van der Waals surface area contributed by atoms with Gasteiger partial charge in [-0.3, -0.25) is 0 Å². The first-order valence-electron chi connectivity index (χ1n) is 12.5. The Bertz CT molecular complexity index is 1290. The van der Waals surface area contributed by atoms with Gasteiger partial charge < -0.3 is 19.7 Å². The van der Waals surface area contributed by atoms with Crippen LogP contribution in [0.15, 0.2) is 42.5 Å². The lowest BCUT2D eigenvalue weighted by molar-refractivity contribution is 0.0645. The molecule has 1 spiro atoms. The zero-order valence-electron chi connectivity index (χ0n) is 20.6. The highest BCUT2D eigenvalue weighted by Gasteiger charge is 2.53. The second-order valence-electron chi connectivity index (χ2n) is 12.2. The lowest BCUT2D eigenvalue weighted by Gasteiger charge is -2.51. The van der Waals surface area contributed by atoms with Gasteiger partial charge in [-0.1, -0.05) is 52.0 Å². The Hall–Kier alpha value is -2.72. The number of hydrogen-bond donors (Lipinski definition) is 2. The van der Waals surface area contributed by atoms with Crippen molar-refractivity contribution in [2.75, 3.05) is 13.2 Å². The van der Waals surface area contributed by atoms with Gasteiger partial charge in [-0.05, 0) is 75.9 Å². The molecule has 4 nitrogen and oxygen atoms in total. The third kappa shape index (κ3) is 3.15. The highest BCUT2D eigenvalue weighted by molar-refractivity contribution is 6.06. The molecule has 3 aromatic rings. The van der Waals surface area contributed by atoms with Crippen molar-refractivity contribution in [1.29, 1.82) is 0 Å². The minimum Gasteiger partial charge on any atom is -0.507 e. The molecule has 1 fully saturated rings. The fourth-order valence-corrected chi connectivity index (χ4v) is 7.71. The van der Waals surface area contributed by atoms with Gasteiger partial charge in [-0.25, -0.2) is 0 Å². The molecule has 178 valence electrons. The number of benzene rings is 3. The highest BCUT2D eigenvalue weighted by atomic mass is 16.5. The third-order valence-electron chi connectivity index (χ3n) is 8.12. The Labute approximate surface area is 201 Å². The standard InChI is InChI=1S/C30H34O4/c1-28(2)15-29(3,4)17-30(16-28)22-8-6-5-7-19(22)27-21-12-26-25(33-10-9-18(14-31)34-26)11-20(21)24(32)13-23(27)30/h5-8,11-13,18,31-32H,9-10,14-17H2,1-4H3. The quantitative estimate of drug-likeness (QED) is 0.433. The molecule has 0 saturated heterocycles. The molecule has 3 aliphatic rings. The summed E-state index contributed by atoms with van der Waals surface area (Å²) < 4.78 is 12.1. The smallest absolute Gasteiger partial charge is 0.162 e. The van der Waals surface area contributed by atoms with Gasteiger partial charge in [0.15, 0.2) is 11.5 Å². The van der Waals surface area contributed by atoms with E-state index >= 15 is 0 Å². The van der Waals surface area contributed by atoms with Crippen molar-refractivity contribution in [3.63, 3.8) is 0 Å². The molecule has 1 saturated carbocycles. The Balaban J connectivity index is 1.66. The van der Waals surface area contributed by atoms with Gasteiger partial charge in [0.1, 0.15) is 11.9 Å². The molecule has 1 atom stereocenters. The number of fused-ring (bicyclic) bond motifs is 8. The minimum atomic E-state index is -0.289. The summed E-state index contributed by atoms with van der Waals surface area (Å²) in [6, 6.07) is 14.7. The SMILES string of the molecule is CC1(C)CC(C)(C)CC2(C1)c1ccccc1-c1c2cc(O)c2cc3c(cc12)OC(CO)CCO3. The molecular weight excluding hydrogens is 424 g/mol. The first-order valence-corrected chi connectivity index (χ1v) is 12.5. The van der Waals surface area contributed by atoms with Crippen LogP contribution in [0.3, 0.4) is 0 Å². The van der Waals surface area contributed by atoms with Crippen LogP contribution >= 0.6 is 0 Å². The first-order chi connectivity index (χ1) is 16.1. The molecule has 1 unspecified atom stereocenters. The fraction of sp³-hybridized carbons (Fsp3) is 0.467. The minimum absolute atomic E-state index is 0.0465. The Morgan fingerprint density at radius 3 is 2.32 bits per heavy atom. The van der Waals surface area contributed by atoms with Gasteiger partial charge in [0.25, 0.3) is 0 Å². The maximum absolute atomic E-state index is 11.3. The molecule has 4 heteroatoms. The molecule has 0 amide bonds. The summed E-state index contributed by atoms with van der Waals surface area (Å²) in [5.74, 6) is 1.55. The highest BCUT2D eigenvalue weighted by Crippen LogP contribution is 2.65. The normalized spacial score (nSPS) is 23.4. The average molecular weight is 459 g/mol. The molecule has 0 radical (unpaired) electrons. The van der Waals surface area contributed by atoms with Crippen LogP contribution in [0.4, 0.5) is 0 Å². The topological polar surface area (TPSA) is 58.9 Å². The van der Waals surface area contributed by atoms with Crippen LogP contribution in [0.2, 0.25) is 0 Å². The van der Waals surface area contributed by atoms with Crippen LogP contribution in [-0.4, -0.2) is 29.5 Å². The Kier molecular flexibility index (Phi) is 4.58. The maximum Gasteiger partial charge on any atom is 0.162 e. The van der Waals surface area contributed by atoms with Crippen LogP contribution in [0.25, 0.3) is 21.9 Å². The molecule has 0 aromatic heterocycles. The van der Waals surface area contributed by atoms with Crippen molar-refractivity contribution in [3.05, 3.63) is 53.6 Å². The Morgan fingerprint density at radius 2 is 1.59 bits per heavy atom. The fourth-order valence-electron chi connectivity index (χ4n) is 7.71. The summed E-state index contributed by atoms with van der Waals surface area (Å²) in [4.78, 5) is 0. The lowest BCUT2D eigenvalue weighted by Crippen LogP contribution is -2.43. The van der Waals surface area contributed by atoms with Crippen molar-refractivity contribution in [3.8, 4) is 28.4 Å². The molecule has 2 aliphatic carbocycles. The van der Waals surface area contributed by atoms with Gasteiger partial charge in [0.2, 0.25) is 0 Å². The van der Waals surface area contributed by atoms with E-state index in [-0.39, 0.29) is 34.7 Å². The van der Waals surface area contributed by atoms with Gasteiger partial charge in [0, 0.05) is 17.2 Å². The van der Waals surface area contributed by atoms with Crippen LogP contribution in [0.1, 0.15) is 64.5 Å². The number of aromatic hydroxyl groups is 1. The van der Waals surface area contributed by atoms with Crippen LogP contribution in [-0.2, 0) is 5.41 Å². The molecule has 3 aromatic carbocycles. The molecule has 2 N–H and O–H groups in total. The van der Waals surface area contributed by atoms with Gasteiger partial charge in [-0.15, -0.1) is 0 Å². The molecular formula is C30H34O4. The number of hydrogen-bond acceptors (Lipinski definition) is 4. The summed E-state index contributed by atoms with van der Waals surface area (Å²) in [6.07, 6.45) is 3.62. The first kappa shape index (κ1) is 21.8. The van der Waals surface area contributed by atoms with Crippen molar-refractivity contribution in [2.45, 2.75) is 64.9 Å². The number of rotatable bonds is 1. The van der Waals surface area contributed by atoms with E-state index in [1.165, 1.54) is 28.7 Å². The van der Waals surface area contributed by atoms with Crippen molar-refractivity contribution >= 4 is 10.8 Å². The van der Waals surface area contributed by atoms with Crippen LogP contribution in [0, 0.1) is 10.8 Å². The van der Waals surface area contributed by atoms with E-state index in [2.05, 4.69) is 52.0 Å². The van der Waals surface area contributed by atoms with E-state index in [1.807, 2.05) is 18.2 Å². The van der Waals surface area contributed by atoms with Crippen LogP contribution < -0.4 is 9.47 Å². The molecule has 1 aliphatic heterocycles. The largest absolute Gasteiger partial charge is 0.507 e. The number of aliphatic hydroxyl groups is 1. The number of ether oxygens (including phenoxy) is 2. The number of aliphatic hydroxyl groups excluding tert-OH is 1. The van der Waals surface area contributed by atoms with Crippen molar-refractivity contribution in [1.82, 2.24) is 0 Å². The average Bonchev–Trinajstić information content (AvgIpc) is 2.88. The second-order valence-corrected chi connectivity index (χ2v) is 12.2. The van der Waals surface area contributed by atoms with E-state index in [4.69, 9.17) is 9.47 Å². The molecule has 0 bridgehead atoms. The summed E-state index contributed by atoms with van der Waals surface area (Å²) in [6.45, 7) is 9.98. The van der Waals surface area contributed by atoms with E-state index in [0.29, 0.717) is 24.5 Å². The van der Waals surface area contributed by atoms with E-state index in [0.717, 1.165) is 23.6 Å². The maximum atomic E-state index is 11.3. The Morgan fingerprint density at radius 1 is 0.882 bits per heavy atom. The van der Waals surface area contributed by atoms with Crippen molar-refractivity contribution < 1.29 is 19.7 Å². The third-order valence-corrected chi connectivity index (χ3v) is 8.12. The molecule has 1 heterocycles.